The van der Waals surface area contributed by atoms with E-state index >= 15 is 0 Å². The van der Waals surface area contributed by atoms with E-state index < -0.39 is 0 Å². The molecule has 0 unspecified atom stereocenters. The highest BCUT2D eigenvalue weighted by atomic mass is 16.5. The van der Waals surface area contributed by atoms with Crippen LogP contribution in [0, 0.1) is 6.92 Å². The Kier molecular flexibility index (Phi) is 5.51. The SMILES string of the molecule is COc1ccccc1C1(c2ccccc2C)CCC(N2CCNCC2)CC1. The van der Waals surface area contributed by atoms with Crippen molar-refractivity contribution in [2.24, 2.45) is 0 Å². The normalized spacial score (nSPS) is 26.7. The number of ether oxygens (including phenoxy) is 1. The molecule has 2 aliphatic rings. The van der Waals surface area contributed by atoms with E-state index in [0.29, 0.717) is 0 Å². The highest BCUT2D eigenvalue weighted by Crippen LogP contribution is 2.49. The minimum absolute atomic E-state index is 0.0580. The van der Waals surface area contributed by atoms with Crippen LogP contribution in [0.1, 0.15) is 42.4 Å². The lowest BCUT2D eigenvalue weighted by atomic mass is 9.63. The Bertz CT molecular complexity index is 758. The van der Waals surface area contributed by atoms with Crippen molar-refractivity contribution in [2.75, 3.05) is 33.3 Å². The third-order valence-electron chi connectivity index (χ3n) is 6.76. The van der Waals surface area contributed by atoms with Crippen molar-refractivity contribution in [2.45, 2.75) is 44.1 Å². The van der Waals surface area contributed by atoms with E-state index in [9.17, 15) is 0 Å². The minimum Gasteiger partial charge on any atom is -0.496 e. The first-order valence-corrected chi connectivity index (χ1v) is 10.4. The molecule has 2 fully saturated rings. The summed E-state index contributed by atoms with van der Waals surface area (Å²) in [5.41, 5.74) is 4.29. The summed E-state index contributed by atoms with van der Waals surface area (Å²) in [7, 11) is 1.80. The number of methoxy groups -OCH3 is 1. The Hall–Kier alpha value is -1.84. The molecule has 1 saturated heterocycles. The molecule has 4 rings (SSSR count). The van der Waals surface area contributed by atoms with E-state index in [0.717, 1.165) is 24.9 Å². The maximum atomic E-state index is 5.81. The van der Waals surface area contributed by atoms with Gasteiger partial charge < -0.3 is 10.1 Å². The zero-order valence-electron chi connectivity index (χ0n) is 16.7. The number of benzene rings is 2. The van der Waals surface area contributed by atoms with Crippen LogP contribution in [0.5, 0.6) is 5.75 Å². The van der Waals surface area contributed by atoms with Crippen LogP contribution in [0.3, 0.4) is 0 Å². The van der Waals surface area contributed by atoms with Gasteiger partial charge in [-0.1, -0.05) is 42.5 Å². The molecule has 0 aromatic heterocycles. The maximum absolute atomic E-state index is 5.81. The van der Waals surface area contributed by atoms with E-state index in [1.54, 1.807) is 7.11 Å². The monoisotopic (exact) mass is 364 g/mol. The van der Waals surface area contributed by atoms with E-state index in [-0.39, 0.29) is 5.41 Å². The summed E-state index contributed by atoms with van der Waals surface area (Å²) in [5, 5.41) is 3.49. The number of nitrogens with zero attached hydrogens (tertiary/aromatic N) is 1. The second kappa shape index (κ2) is 8.04. The lowest BCUT2D eigenvalue weighted by Gasteiger charge is -2.46. The van der Waals surface area contributed by atoms with E-state index in [4.69, 9.17) is 4.74 Å². The topological polar surface area (TPSA) is 24.5 Å². The van der Waals surface area contributed by atoms with E-state index in [2.05, 4.69) is 65.7 Å². The van der Waals surface area contributed by atoms with Gasteiger partial charge in [0.25, 0.3) is 0 Å². The van der Waals surface area contributed by atoms with Gasteiger partial charge in [-0.2, -0.15) is 0 Å². The predicted octanol–water partition coefficient (Wildman–Crippen LogP) is 4.14. The number of aryl methyl sites for hydroxylation is 1. The van der Waals surface area contributed by atoms with Crippen molar-refractivity contribution in [3.63, 3.8) is 0 Å². The van der Waals surface area contributed by atoms with Gasteiger partial charge in [0.2, 0.25) is 0 Å². The smallest absolute Gasteiger partial charge is 0.122 e. The van der Waals surface area contributed by atoms with Gasteiger partial charge in [0.1, 0.15) is 5.75 Å². The molecule has 3 nitrogen and oxygen atoms in total. The molecule has 3 heteroatoms. The van der Waals surface area contributed by atoms with Crippen molar-refractivity contribution < 1.29 is 4.74 Å². The molecule has 0 radical (unpaired) electrons. The van der Waals surface area contributed by atoms with Gasteiger partial charge in [0, 0.05) is 43.2 Å². The standard InChI is InChI=1S/C24H32N2O/c1-19-7-3-4-8-21(19)24(22-9-5-6-10-23(22)27-2)13-11-20(12-14-24)26-17-15-25-16-18-26/h3-10,20,25H,11-18H2,1-2H3. The fraction of sp³-hybridized carbons (Fsp3) is 0.500. The van der Waals surface area contributed by atoms with Crippen LogP contribution < -0.4 is 10.1 Å². The fourth-order valence-electron chi connectivity index (χ4n) is 5.34. The Labute approximate surface area is 163 Å². The average Bonchev–Trinajstić information content (AvgIpc) is 2.75. The summed E-state index contributed by atoms with van der Waals surface area (Å²) in [4.78, 5) is 2.71. The molecule has 2 aromatic rings. The van der Waals surface area contributed by atoms with Crippen molar-refractivity contribution in [1.29, 1.82) is 0 Å². The number of para-hydroxylation sites is 1. The first-order chi connectivity index (χ1) is 13.2. The van der Waals surface area contributed by atoms with Crippen LogP contribution >= 0.6 is 0 Å². The van der Waals surface area contributed by atoms with Crippen molar-refractivity contribution in [3.8, 4) is 5.75 Å². The van der Waals surface area contributed by atoms with Crippen molar-refractivity contribution in [1.82, 2.24) is 10.2 Å². The Morgan fingerprint density at radius 2 is 1.56 bits per heavy atom. The van der Waals surface area contributed by atoms with Crippen LogP contribution in [0.25, 0.3) is 0 Å². The van der Waals surface area contributed by atoms with Gasteiger partial charge in [-0.15, -0.1) is 0 Å². The first kappa shape index (κ1) is 18.5. The van der Waals surface area contributed by atoms with Crippen LogP contribution in [-0.2, 0) is 5.41 Å². The summed E-state index contributed by atoms with van der Waals surface area (Å²) >= 11 is 0. The predicted molar refractivity (Wildman–Crippen MR) is 112 cm³/mol. The van der Waals surface area contributed by atoms with Gasteiger partial charge >= 0.3 is 0 Å². The molecule has 1 saturated carbocycles. The fourth-order valence-corrected chi connectivity index (χ4v) is 5.34. The minimum atomic E-state index is 0.0580. The molecule has 0 atom stereocenters. The summed E-state index contributed by atoms with van der Waals surface area (Å²) < 4.78 is 5.81. The lowest BCUT2D eigenvalue weighted by Crippen LogP contribution is -2.51. The largest absolute Gasteiger partial charge is 0.496 e. The molecular formula is C24H32N2O. The maximum Gasteiger partial charge on any atom is 0.122 e. The van der Waals surface area contributed by atoms with Crippen LogP contribution in [0.4, 0.5) is 0 Å². The zero-order valence-corrected chi connectivity index (χ0v) is 16.7. The first-order valence-electron chi connectivity index (χ1n) is 10.4. The molecule has 27 heavy (non-hydrogen) atoms. The second-order valence-electron chi connectivity index (χ2n) is 8.11. The van der Waals surface area contributed by atoms with E-state index in [1.165, 1.54) is 55.5 Å². The third kappa shape index (κ3) is 3.51. The molecule has 1 N–H and O–H groups in total. The molecule has 0 amide bonds. The molecule has 144 valence electrons. The van der Waals surface area contributed by atoms with Crippen molar-refractivity contribution in [3.05, 3.63) is 65.2 Å². The Morgan fingerprint density at radius 3 is 2.22 bits per heavy atom. The Balaban J connectivity index is 1.70. The van der Waals surface area contributed by atoms with Gasteiger partial charge in [0.05, 0.1) is 7.11 Å². The second-order valence-corrected chi connectivity index (χ2v) is 8.11. The number of hydrogen-bond acceptors (Lipinski definition) is 3. The van der Waals surface area contributed by atoms with Gasteiger partial charge in [-0.25, -0.2) is 0 Å². The quantitative estimate of drug-likeness (QED) is 0.882. The van der Waals surface area contributed by atoms with Crippen LogP contribution in [-0.4, -0.2) is 44.2 Å². The number of piperazine rings is 1. The lowest BCUT2D eigenvalue weighted by molar-refractivity contribution is 0.119. The van der Waals surface area contributed by atoms with Crippen molar-refractivity contribution >= 4 is 0 Å². The number of hydrogen-bond donors (Lipinski definition) is 1. The summed E-state index contributed by atoms with van der Waals surface area (Å²) in [6.45, 7) is 6.90. The zero-order chi connectivity index (χ0) is 18.7. The summed E-state index contributed by atoms with van der Waals surface area (Å²) in [6, 6.07) is 18.3. The van der Waals surface area contributed by atoms with Gasteiger partial charge in [-0.3, -0.25) is 4.90 Å². The molecule has 1 aliphatic heterocycles. The Morgan fingerprint density at radius 1 is 0.926 bits per heavy atom. The summed E-state index contributed by atoms with van der Waals surface area (Å²) in [5.74, 6) is 1.03. The molecule has 0 spiro atoms. The van der Waals surface area contributed by atoms with Crippen LogP contribution in [0.15, 0.2) is 48.5 Å². The van der Waals surface area contributed by atoms with Crippen LogP contribution in [0.2, 0.25) is 0 Å². The number of rotatable bonds is 4. The highest BCUT2D eigenvalue weighted by molar-refractivity contribution is 5.50. The third-order valence-corrected chi connectivity index (χ3v) is 6.76. The van der Waals surface area contributed by atoms with Gasteiger partial charge in [0.15, 0.2) is 0 Å². The van der Waals surface area contributed by atoms with E-state index in [1.807, 2.05) is 0 Å². The van der Waals surface area contributed by atoms with Gasteiger partial charge in [-0.05, 0) is 49.8 Å². The number of nitrogens with one attached hydrogen (secondary N) is 1. The average molecular weight is 365 g/mol. The summed E-state index contributed by atoms with van der Waals surface area (Å²) in [6.07, 6.45) is 4.89. The molecule has 1 aliphatic carbocycles. The highest BCUT2D eigenvalue weighted by Gasteiger charge is 2.42. The molecular weight excluding hydrogens is 332 g/mol. The molecule has 0 bridgehead atoms. The molecule has 2 aromatic carbocycles. The molecule has 1 heterocycles.